The van der Waals surface area contributed by atoms with E-state index in [1.807, 2.05) is 6.08 Å². The fourth-order valence-electron chi connectivity index (χ4n) is 2.61. The van der Waals surface area contributed by atoms with Crippen molar-refractivity contribution in [2.24, 2.45) is 5.73 Å². The third-order valence-electron chi connectivity index (χ3n) is 3.94. The van der Waals surface area contributed by atoms with E-state index in [2.05, 4.69) is 38.2 Å². The number of fused-ring (bicyclic) bond motifs is 1. The van der Waals surface area contributed by atoms with E-state index in [-0.39, 0.29) is 5.91 Å². The molecule has 3 nitrogen and oxygen atoms in total. The standard InChI is InChI=1S/C18H24N2OS/c1-11-5-6-15-9-12(2)13(3)10-16(15)18(11)22-17(7-8-19)20-14(4)21/h7,9-10H,5-6,8,19H2,1-4H3,(H,20,21)/b17-7+. The summed E-state index contributed by atoms with van der Waals surface area (Å²) in [5.41, 5.74) is 12.3. The van der Waals surface area contributed by atoms with Crippen LogP contribution in [0.15, 0.2) is 28.8 Å². The smallest absolute Gasteiger partial charge is 0.221 e. The number of benzene rings is 1. The zero-order valence-electron chi connectivity index (χ0n) is 13.7. The molecule has 1 aromatic rings. The molecule has 118 valence electrons. The van der Waals surface area contributed by atoms with Crippen molar-refractivity contribution in [3.8, 4) is 0 Å². The minimum atomic E-state index is -0.0680. The van der Waals surface area contributed by atoms with Gasteiger partial charge in [-0.25, -0.2) is 0 Å². The molecule has 0 saturated heterocycles. The Morgan fingerprint density at radius 1 is 1.27 bits per heavy atom. The fourth-order valence-corrected chi connectivity index (χ4v) is 3.78. The molecule has 0 bridgehead atoms. The summed E-state index contributed by atoms with van der Waals surface area (Å²) in [6, 6.07) is 4.56. The molecule has 0 atom stereocenters. The molecule has 0 unspecified atom stereocenters. The number of nitrogens with two attached hydrogens (primary N) is 1. The fraction of sp³-hybridized carbons (Fsp3) is 0.389. The van der Waals surface area contributed by atoms with Gasteiger partial charge >= 0.3 is 0 Å². The molecule has 0 spiro atoms. The van der Waals surface area contributed by atoms with Gasteiger partial charge in [0.05, 0.1) is 5.03 Å². The zero-order chi connectivity index (χ0) is 16.3. The second kappa shape index (κ2) is 7.16. The molecule has 0 fully saturated rings. The van der Waals surface area contributed by atoms with Crippen LogP contribution in [0.1, 0.15) is 42.5 Å². The first kappa shape index (κ1) is 16.8. The molecule has 0 saturated carbocycles. The third-order valence-corrected chi connectivity index (χ3v) is 5.20. The highest BCUT2D eigenvalue weighted by molar-refractivity contribution is 8.11. The summed E-state index contributed by atoms with van der Waals surface area (Å²) in [5.74, 6) is -0.0680. The van der Waals surface area contributed by atoms with Crippen LogP contribution in [0.3, 0.4) is 0 Å². The molecule has 2 rings (SSSR count). The lowest BCUT2D eigenvalue weighted by Gasteiger charge is -2.23. The highest BCUT2D eigenvalue weighted by atomic mass is 32.2. The number of carbonyl (C=O) groups excluding carboxylic acids is 1. The van der Waals surface area contributed by atoms with E-state index >= 15 is 0 Å². The van der Waals surface area contributed by atoms with Gasteiger partial charge in [-0.05, 0) is 61.9 Å². The van der Waals surface area contributed by atoms with Crippen molar-refractivity contribution < 1.29 is 4.79 Å². The Kier molecular flexibility index (Phi) is 5.48. The summed E-state index contributed by atoms with van der Waals surface area (Å²) in [6.45, 7) is 8.41. The lowest BCUT2D eigenvalue weighted by molar-refractivity contribution is -0.118. The van der Waals surface area contributed by atoms with Gasteiger partial charge in [0.15, 0.2) is 0 Å². The summed E-state index contributed by atoms with van der Waals surface area (Å²) < 4.78 is 0. The summed E-state index contributed by atoms with van der Waals surface area (Å²) in [7, 11) is 0. The SMILES string of the molecule is CC(=O)N/C(=C\CN)SC1=C(C)CCc2cc(C)c(C)cc21. The number of nitrogens with one attached hydrogen (secondary N) is 1. The molecule has 0 aliphatic heterocycles. The topological polar surface area (TPSA) is 55.1 Å². The number of allylic oxidation sites excluding steroid dienone is 1. The zero-order valence-corrected chi connectivity index (χ0v) is 14.6. The highest BCUT2D eigenvalue weighted by Gasteiger charge is 2.19. The number of thioether (sulfide) groups is 1. The molecule has 3 N–H and O–H groups in total. The molecule has 22 heavy (non-hydrogen) atoms. The molecular weight excluding hydrogens is 292 g/mol. The van der Waals surface area contributed by atoms with Gasteiger partial charge in [0.1, 0.15) is 0 Å². The van der Waals surface area contributed by atoms with E-state index < -0.39 is 0 Å². The predicted molar refractivity (Wildman–Crippen MR) is 95.4 cm³/mol. The van der Waals surface area contributed by atoms with Crippen molar-refractivity contribution in [2.45, 2.75) is 40.5 Å². The van der Waals surface area contributed by atoms with E-state index in [4.69, 9.17) is 5.73 Å². The maximum absolute atomic E-state index is 11.4. The average Bonchev–Trinajstić information content (AvgIpc) is 2.44. The number of aryl methyl sites for hydroxylation is 3. The Bertz CT molecular complexity index is 659. The van der Waals surface area contributed by atoms with Crippen LogP contribution in [0.2, 0.25) is 0 Å². The first-order chi connectivity index (χ1) is 10.4. The second-order valence-corrected chi connectivity index (χ2v) is 6.84. The van der Waals surface area contributed by atoms with Crippen molar-refractivity contribution in [1.29, 1.82) is 0 Å². The third kappa shape index (κ3) is 3.81. The molecule has 0 aromatic heterocycles. The predicted octanol–water partition coefficient (Wildman–Crippen LogP) is 3.65. The summed E-state index contributed by atoms with van der Waals surface area (Å²) in [4.78, 5) is 12.6. The van der Waals surface area contributed by atoms with Gasteiger partial charge in [-0.3, -0.25) is 4.79 Å². The van der Waals surface area contributed by atoms with Crippen LogP contribution in [-0.4, -0.2) is 12.5 Å². The number of amides is 1. The van der Waals surface area contributed by atoms with Gasteiger partial charge < -0.3 is 11.1 Å². The van der Waals surface area contributed by atoms with Crippen molar-refractivity contribution in [3.63, 3.8) is 0 Å². The second-order valence-electron chi connectivity index (χ2n) is 5.79. The molecule has 1 amide bonds. The molecule has 1 aliphatic rings. The number of hydrogen-bond acceptors (Lipinski definition) is 3. The van der Waals surface area contributed by atoms with Crippen LogP contribution < -0.4 is 11.1 Å². The molecule has 1 aromatic carbocycles. The van der Waals surface area contributed by atoms with Crippen LogP contribution in [-0.2, 0) is 11.2 Å². The Morgan fingerprint density at radius 2 is 1.95 bits per heavy atom. The monoisotopic (exact) mass is 316 g/mol. The average molecular weight is 316 g/mol. The van der Waals surface area contributed by atoms with E-state index in [0.717, 1.165) is 17.9 Å². The van der Waals surface area contributed by atoms with Crippen molar-refractivity contribution in [1.82, 2.24) is 5.32 Å². The molecular formula is C18H24N2OS. The van der Waals surface area contributed by atoms with Gasteiger partial charge in [-0.15, -0.1) is 0 Å². The van der Waals surface area contributed by atoms with E-state index in [1.165, 1.54) is 39.7 Å². The highest BCUT2D eigenvalue weighted by Crippen LogP contribution is 2.42. The van der Waals surface area contributed by atoms with Crippen molar-refractivity contribution in [3.05, 3.63) is 51.1 Å². The first-order valence-electron chi connectivity index (χ1n) is 7.58. The Morgan fingerprint density at radius 3 is 2.59 bits per heavy atom. The maximum Gasteiger partial charge on any atom is 0.221 e. The number of rotatable bonds is 4. The van der Waals surface area contributed by atoms with Crippen LogP contribution in [0.25, 0.3) is 4.91 Å². The van der Waals surface area contributed by atoms with Gasteiger partial charge in [0.25, 0.3) is 0 Å². The van der Waals surface area contributed by atoms with Crippen LogP contribution in [0.5, 0.6) is 0 Å². The Hall–Kier alpha value is -1.52. The lowest BCUT2D eigenvalue weighted by Crippen LogP contribution is -2.18. The normalized spacial score (nSPS) is 14.9. The summed E-state index contributed by atoms with van der Waals surface area (Å²) in [5, 5.41) is 3.69. The van der Waals surface area contributed by atoms with Crippen LogP contribution in [0, 0.1) is 13.8 Å². The van der Waals surface area contributed by atoms with Crippen LogP contribution in [0.4, 0.5) is 0 Å². The van der Waals surface area contributed by atoms with Gasteiger partial charge in [-0.1, -0.05) is 29.5 Å². The molecule has 0 radical (unpaired) electrons. The quantitative estimate of drug-likeness (QED) is 0.891. The summed E-state index contributed by atoms with van der Waals surface area (Å²) in [6.07, 6.45) is 4.01. The Labute approximate surface area is 137 Å². The number of hydrogen-bond donors (Lipinski definition) is 2. The van der Waals surface area contributed by atoms with Crippen molar-refractivity contribution >= 4 is 22.6 Å². The van der Waals surface area contributed by atoms with Crippen molar-refractivity contribution in [2.75, 3.05) is 6.54 Å². The van der Waals surface area contributed by atoms with Gasteiger partial charge in [-0.2, -0.15) is 0 Å². The first-order valence-corrected chi connectivity index (χ1v) is 8.40. The Balaban J connectivity index is 2.40. The van der Waals surface area contributed by atoms with Gasteiger partial charge in [0.2, 0.25) is 5.91 Å². The summed E-state index contributed by atoms with van der Waals surface area (Å²) >= 11 is 1.61. The minimum absolute atomic E-state index is 0.0680. The largest absolute Gasteiger partial charge is 0.327 e. The maximum atomic E-state index is 11.4. The molecule has 0 heterocycles. The van der Waals surface area contributed by atoms with E-state index in [0.29, 0.717) is 6.54 Å². The number of carbonyl (C=O) groups is 1. The molecule has 1 aliphatic carbocycles. The van der Waals surface area contributed by atoms with E-state index in [9.17, 15) is 4.79 Å². The minimum Gasteiger partial charge on any atom is -0.327 e. The van der Waals surface area contributed by atoms with Crippen LogP contribution >= 0.6 is 11.8 Å². The molecule has 4 heteroatoms. The van der Waals surface area contributed by atoms with E-state index in [1.54, 1.807) is 11.8 Å². The van der Waals surface area contributed by atoms with Gasteiger partial charge in [0, 0.05) is 18.4 Å². The lowest BCUT2D eigenvalue weighted by atomic mass is 9.89.